The van der Waals surface area contributed by atoms with Crippen LogP contribution in [0.15, 0.2) is 66.7 Å². The average Bonchev–Trinajstić information content (AvgIpc) is 3.41. The highest BCUT2D eigenvalue weighted by Gasteiger charge is 2.59. The molecular weight excluding hydrogens is 470 g/mol. The molecule has 0 unspecified atom stereocenters. The molecule has 34 heavy (non-hydrogen) atoms. The maximum atomic E-state index is 14.1. The van der Waals surface area contributed by atoms with Crippen LogP contribution < -0.4 is 9.64 Å². The smallest absolute Gasteiger partial charge is 0.268 e. The van der Waals surface area contributed by atoms with Crippen molar-refractivity contribution in [1.29, 1.82) is 5.26 Å². The Balaban J connectivity index is 1.60. The molecule has 0 aliphatic carbocycles. The summed E-state index contributed by atoms with van der Waals surface area (Å²) in [4.78, 5) is 29.9. The summed E-state index contributed by atoms with van der Waals surface area (Å²) in [6.45, 7) is 0.727. The van der Waals surface area contributed by atoms with Crippen molar-refractivity contribution < 1.29 is 14.3 Å². The van der Waals surface area contributed by atoms with Crippen LogP contribution in [-0.4, -0.2) is 36.1 Å². The van der Waals surface area contributed by atoms with Gasteiger partial charge in [0.25, 0.3) is 11.8 Å². The Labute approximate surface area is 206 Å². The van der Waals surface area contributed by atoms with Gasteiger partial charge in [-0.2, -0.15) is 5.26 Å². The summed E-state index contributed by atoms with van der Waals surface area (Å²) in [6, 6.07) is 21.6. The molecule has 3 aromatic carbocycles. The topological polar surface area (TPSA) is 73.6 Å². The Kier molecular flexibility index (Phi) is 5.72. The van der Waals surface area contributed by atoms with Gasteiger partial charge >= 0.3 is 0 Å². The second-order valence-electron chi connectivity index (χ2n) is 8.04. The third-order valence-corrected chi connectivity index (χ3v) is 7.81. The molecule has 2 aliphatic rings. The molecule has 0 N–H and O–H groups in total. The number of rotatable bonds is 4. The van der Waals surface area contributed by atoms with Crippen molar-refractivity contribution in [3.8, 4) is 11.8 Å². The minimum absolute atomic E-state index is 0.178. The van der Waals surface area contributed by atoms with Crippen molar-refractivity contribution in [2.45, 2.75) is 11.4 Å². The summed E-state index contributed by atoms with van der Waals surface area (Å²) in [7, 11) is 1.58. The number of carbonyl (C=O) groups is 2. The zero-order valence-corrected chi connectivity index (χ0v) is 19.9. The Hall–Kier alpha value is -3.47. The monoisotopic (exact) mass is 489 g/mol. The van der Waals surface area contributed by atoms with Gasteiger partial charge in [0, 0.05) is 28.4 Å². The second kappa shape index (κ2) is 8.71. The molecule has 2 heterocycles. The summed E-state index contributed by atoms with van der Waals surface area (Å²) < 4.78 is 5.46. The molecule has 0 radical (unpaired) electrons. The Morgan fingerprint density at radius 1 is 1.18 bits per heavy atom. The summed E-state index contributed by atoms with van der Waals surface area (Å²) in [5.41, 5.74) is 3.31. The Bertz CT molecular complexity index is 1340. The number of nitrogens with zero attached hydrogens (tertiary/aromatic N) is 3. The predicted molar refractivity (Wildman–Crippen MR) is 132 cm³/mol. The van der Waals surface area contributed by atoms with Crippen LogP contribution >= 0.6 is 23.4 Å². The molecule has 1 atom stereocenters. The molecule has 3 aromatic rings. The maximum absolute atomic E-state index is 14.1. The lowest BCUT2D eigenvalue weighted by Crippen LogP contribution is -2.50. The van der Waals surface area contributed by atoms with Gasteiger partial charge in [0.2, 0.25) is 0 Å². The molecule has 1 spiro atoms. The quantitative estimate of drug-likeness (QED) is 0.526. The van der Waals surface area contributed by atoms with Gasteiger partial charge < -0.3 is 14.5 Å². The first kappa shape index (κ1) is 22.3. The van der Waals surface area contributed by atoms with Crippen LogP contribution in [0.1, 0.15) is 27.0 Å². The van der Waals surface area contributed by atoms with Crippen molar-refractivity contribution in [3.63, 3.8) is 0 Å². The fourth-order valence-electron chi connectivity index (χ4n) is 4.55. The molecule has 1 fully saturated rings. The van der Waals surface area contributed by atoms with Gasteiger partial charge in [0.05, 0.1) is 31.0 Å². The number of benzene rings is 3. The lowest BCUT2D eigenvalue weighted by atomic mass is 10.0. The molecule has 5 rings (SSSR count). The van der Waals surface area contributed by atoms with Gasteiger partial charge in [-0.15, -0.1) is 11.8 Å². The number of halogens is 1. The molecule has 1 saturated heterocycles. The highest BCUT2D eigenvalue weighted by atomic mass is 35.5. The molecule has 0 saturated carbocycles. The second-order valence-corrected chi connectivity index (χ2v) is 9.77. The molecule has 0 aromatic heterocycles. The van der Waals surface area contributed by atoms with Crippen molar-refractivity contribution in [2.24, 2.45) is 0 Å². The maximum Gasteiger partial charge on any atom is 0.268 e. The van der Waals surface area contributed by atoms with Crippen LogP contribution in [0.2, 0.25) is 5.02 Å². The zero-order chi connectivity index (χ0) is 23.9. The SMILES string of the molecule is COc1ccc2c(c1)[C@]1(SCCN1C(=O)c1ccc(Cl)cc1)C(=O)N2Cc1cccc(C#N)c1. The molecule has 2 aliphatic heterocycles. The summed E-state index contributed by atoms with van der Waals surface area (Å²) in [5, 5.41) is 9.82. The number of nitriles is 1. The van der Waals surface area contributed by atoms with Gasteiger partial charge in [0.15, 0.2) is 4.87 Å². The molecule has 8 heteroatoms. The fourth-order valence-corrected chi connectivity index (χ4v) is 6.13. The van der Waals surface area contributed by atoms with Crippen LogP contribution in [-0.2, 0) is 16.2 Å². The zero-order valence-electron chi connectivity index (χ0n) is 18.3. The van der Waals surface area contributed by atoms with E-state index in [-0.39, 0.29) is 11.8 Å². The van der Waals surface area contributed by atoms with Crippen molar-refractivity contribution >= 4 is 40.9 Å². The van der Waals surface area contributed by atoms with Crippen LogP contribution in [0.25, 0.3) is 0 Å². The number of carbonyl (C=O) groups excluding carboxylic acids is 2. The standard InChI is InChI=1S/C26H20ClN3O3S/c1-33-21-9-10-23-22(14-21)26(25(32)29(23)16-18-4-2-3-17(13-18)15-28)30(11-12-34-26)24(31)19-5-7-20(27)8-6-19/h2-10,13-14H,11-12,16H2,1H3/t26-/m0/s1. The molecule has 0 bridgehead atoms. The fraction of sp³-hybridized carbons (Fsp3) is 0.192. The van der Waals surface area contributed by atoms with Gasteiger partial charge in [-0.3, -0.25) is 9.59 Å². The van der Waals surface area contributed by atoms with Crippen LogP contribution in [0.5, 0.6) is 5.75 Å². The van der Waals surface area contributed by atoms with Gasteiger partial charge in [-0.25, -0.2) is 0 Å². The van der Waals surface area contributed by atoms with E-state index >= 15 is 0 Å². The minimum atomic E-state index is -1.19. The number of hydrogen-bond donors (Lipinski definition) is 0. The van der Waals surface area contributed by atoms with E-state index in [0.29, 0.717) is 40.7 Å². The van der Waals surface area contributed by atoms with E-state index in [2.05, 4.69) is 6.07 Å². The van der Waals surface area contributed by atoms with E-state index in [4.69, 9.17) is 16.3 Å². The first-order valence-corrected chi connectivity index (χ1v) is 12.1. The summed E-state index contributed by atoms with van der Waals surface area (Å²) in [6.07, 6.45) is 0. The number of fused-ring (bicyclic) bond motifs is 2. The first-order chi connectivity index (χ1) is 16.5. The number of hydrogen-bond acceptors (Lipinski definition) is 5. The van der Waals surface area contributed by atoms with E-state index in [1.165, 1.54) is 11.8 Å². The number of anilines is 1. The number of thioether (sulfide) groups is 1. The lowest BCUT2D eigenvalue weighted by molar-refractivity contribution is -0.123. The first-order valence-electron chi connectivity index (χ1n) is 10.7. The number of methoxy groups -OCH3 is 1. The van der Waals surface area contributed by atoms with Crippen LogP contribution in [0, 0.1) is 11.3 Å². The number of ether oxygens (including phenoxy) is 1. The van der Waals surface area contributed by atoms with E-state index < -0.39 is 4.87 Å². The lowest BCUT2D eigenvalue weighted by Gasteiger charge is -2.33. The summed E-state index contributed by atoms with van der Waals surface area (Å²) in [5.74, 6) is 0.838. The van der Waals surface area contributed by atoms with Crippen molar-refractivity contribution in [2.75, 3.05) is 24.3 Å². The normalized spacial score (nSPS) is 18.8. The van der Waals surface area contributed by atoms with Gasteiger partial charge in [-0.05, 0) is 60.2 Å². The Morgan fingerprint density at radius 2 is 1.97 bits per heavy atom. The van der Waals surface area contributed by atoms with E-state index in [9.17, 15) is 14.9 Å². The molecule has 6 nitrogen and oxygen atoms in total. The third kappa shape index (κ3) is 3.51. The highest BCUT2D eigenvalue weighted by Crippen LogP contribution is 2.55. The van der Waals surface area contributed by atoms with Gasteiger partial charge in [0.1, 0.15) is 5.75 Å². The predicted octanol–water partition coefficient (Wildman–Crippen LogP) is 4.81. The van der Waals surface area contributed by atoms with E-state index in [0.717, 1.165) is 16.8 Å². The Morgan fingerprint density at radius 3 is 2.71 bits per heavy atom. The van der Waals surface area contributed by atoms with Crippen LogP contribution in [0.4, 0.5) is 5.69 Å². The van der Waals surface area contributed by atoms with Crippen molar-refractivity contribution in [3.05, 3.63) is 94.0 Å². The molecule has 170 valence electrons. The molecular formula is C26H20ClN3O3S. The highest BCUT2D eigenvalue weighted by molar-refractivity contribution is 8.01. The van der Waals surface area contributed by atoms with Crippen molar-refractivity contribution in [1.82, 2.24) is 4.90 Å². The van der Waals surface area contributed by atoms with E-state index in [1.54, 1.807) is 59.4 Å². The average molecular weight is 490 g/mol. The van der Waals surface area contributed by atoms with Crippen LogP contribution in [0.3, 0.4) is 0 Å². The number of amides is 2. The molecule has 2 amide bonds. The largest absolute Gasteiger partial charge is 0.497 e. The van der Waals surface area contributed by atoms with Gasteiger partial charge in [-0.1, -0.05) is 23.7 Å². The minimum Gasteiger partial charge on any atom is -0.497 e. The third-order valence-electron chi connectivity index (χ3n) is 6.13. The van der Waals surface area contributed by atoms with E-state index in [1.807, 2.05) is 24.3 Å². The summed E-state index contributed by atoms with van der Waals surface area (Å²) >= 11 is 7.47.